The maximum absolute atomic E-state index is 12.5. The summed E-state index contributed by atoms with van der Waals surface area (Å²) in [5.41, 5.74) is 0. The van der Waals surface area contributed by atoms with Crippen molar-refractivity contribution in [2.75, 3.05) is 0 Å². The van der Waals surface area contributed by atoms with Gasteiger partial charge in [0.2, 0.25) is 0 Å². The summed E-state index contributed by atoms with van der Waals surface area (Å²) in [5.74, 6) is 0.788. The quantitative estimate of drug-likeness (QED) is 0.685. The first kappa shape index (κ1) is 9.24. The average molecular weight is 194 g/mol. The first-order chi connectivity index (χ1) is 6.75. The van der Waals surface area contributed by atoms with Crippen LogP contribution in [0.2, 0.25) is 0 Å². The lowest BCUT2D eigenvalue weighted by Crippen LogP contribution is -2.14. The van der Waals surface area contributed by atoms with Crippen LogP contribution in [0, 0.1) is 5.82 Å². The Bertz CT molecular complexity index is 326. The highest BCUT2D eigenvalue weighted by molar-refractivity contribution is 5.79. The third kappa shape index (κ3) is 1.95. The summed E-state index contributed by atoms with van der Waals surface area (Å²) in [6, 6.07) is 0. The molecule has 0 aliphatic heterocycles. The third-order valence-electron chi connectivity index (χ3n) is 2.55. The highest BCUT2D eigenvalue weighted by Crippen LogP contribution is 2.28. The summed E-state index contributed by atoms with van der Waals surface area (Å²) in [7, 11) is 0. The maximum atomic E-state index is 12.5. The van der Waals surface area contributed by atoms with E-state index in [1.54, 1.807) is 0 Å². The molecule has 0 spiro atoms. The predicted molar refractivity (Wildman–Crippen MR) is 48.2 cm³/mol. The number of halogens is 1. The lowest BCUT2D eigenvalue weighted by molar-refractivity contribution is -0.120. The Labute approximate surface area is 81.4 Å². The summed E-state index contributed by atoms with van der Waals surface area (Å²) in [5, 5.41) is 0. The largest absolute Gasteiger partial charge is 0.300 e. The Morgan fingerprint density at radius 3 is 2.36 bits per heavy atom. The molecule has 0 bridgehead atoms. The van der Waals surface area contributed by atoms with E-state index in [-0.39, 0.29) is 5.92 Å². The van der Waals surface area contributed by atoms with E-state index in [0.29, 0.717) is 24.4 Å². The molecular formula is C10H11FN2O. The number of ketones is 1. The fourth-order valence-electron chi connectivity index (χ4n) is 1.73. The van der Waals surface area contributed by atoms with Crippen molar-refractivity contribution in [3.05, 3.63) is 24.0 Å². The molecule has 0 amide bonds. The minimum Gasteiger partial charge on any atom is -0.300 e. The molecular weight excluding hydrogens is 183 g/mol. The Kier molecular flexibility index (Phi) is 2.52. The normalized spacial score (nSPS) is 18.5. The summed E-state index contributed by atoms with van der Waals surface area (Å²) in [4.78, 5) is 18.9. The number of aromatic nitrogens is 2. The molecule has 2 rings (SSSR count). The van der Waals surface area contributed by atoms with Gasteiger partial charge >= 0.3 is 0 Å². The minimum atomic E-state index is -0.416. The van der Waals surface area contributed by atoms with Gasteiger partial charge in [-0.05, 0) is 12.8 Å². The zero-order chi connectivity index (χ0) is 9.97. The van der Waals surface area contributed by atoms with E-state index in [4.69, 9.17) is 0 Å². The number of carbonyl (C=O) groups excluding carboxylic acids is 1. The fraction of sp³-hybridized carbons (Fsp3) is 0.500. The van der Waals surface area contributed by atoms with Gasteiger partial charge in [-0.25, -0.2) is 14.4 Å². The molecule has 1 aromatic heterocycles. The first-order valence-electron chi connectivity index (χ1n) is 4.75. The number of rotatable bonds is 1. The molecule has 3 nitrogen and oxygen atoms in total. The van der Waals surface area contributed by atoms with Crippen LogP contribution in [0.1, 0.15) is 37.4 Å². The molecule has 0 aromatic carbocycles. The molecule has 0 atom stereocenters. The number of carbonyl (C=O) groups is 1. The Morgan fingerprint density at radius 2 is 1.79 bits per heavy atom. The third-order valence-corrected chi connectivity index (χ3v) is 2.55. The van der Waals surface area contributed by atoms with Crippen molar-refractivity contribution in [3.63, 3.8) is 0 Å². The van der Waals surface area contributed by atoms with Crippen molar-refractivity contribution in [1.29, 1.82) is 0 Å². The van der Waals surface area contributed by atoms with Gasteiger partial charge in [-0.1, -0.05) is 0 Å². The van der Waals surface area contributed by atoms with Gasteiger partial charge in [0.25, 0.3) is 0 Å². The van der Waals surface area contributed by atoms with Gasteiger partial charge in [0.15, 0.2) is 5.82 Å². The number of nitrogens with zero attached hydrogens (tertiary/aromatic N) is 2. The monoisotopic (exact) mass is 194 g/mol. The van der Waals surface area contributed by atoms with Gasteiger partial charge in [-0.2, -0.15) is 0 Å². The molecule has 1 heterocycles. The van der Waals surface area contributed by atoms with E-state index in [1.165, 1.54) is 12.4 Å². The molecule has 1 aliphatic carbocycles. The van der Waals surface area contributed by atoms with Crippen LogP contribution in [0.3, 0.4) is 0 Å². The van der Waals surface area contributed by atoms with E-state index in [9.17, 15) is 9.18 Å². The Balaban J connectivity index is 2.08. The van der Waals surface area contributed by atoms with Crippen LogP contribution < -0.4 is 0 Å². The van der Waals surface area contributed by atoms with Crippen LogP contribution >= 0.6 is 0 Å². The van der Waals surface area contributed by atoms with Crippen LogP contribution in [0.4, 0.5) is 4.39 Å². The van der Waals surface area contributed by atoms with Crippen LogP contribution in [0.5, 0.6) is 0 Å². The minimum absolute atomic E-state index is 0.230. The zero-order valence-corrected chi connectivity index (χ0v) is 7.74. The van der Waals surface area contributed by atoms with Crippen LogP contribution in [0.15, 0.2) is 12.4 Å². The van der Waals surface area contributed by atoms with Gasteiger partial charge in [0, 0.05) is 18.8 Å². The molecule has 1 saturated carbocycles. The van der Waals surface area contributed by atoms with E-state index >= 15 is 0 Å². The maximum Gasteiger partial charge on any atom is 0.159 e. The molecule has 74 valence electrons. The van der Waals surface area contributed by atoms with Gasteiger partial charge < -0.3 is 0 Å². The summed E-state index contributed by atoms with van der Waals surface area (Å²) in [6.07, 6.45) is 5.16. The first-order valence-corrected chi connectivity index (χ1v) is 4.75. The fourth-order valence-corrected chi connectivity index (χ4v) is 1.73. The predicted octanol–water partition coefficient (Wildman–Crippen LogP) is 1.84. The van der Waals surface area contributed by atoms with Crippen molar-refractivity contribution in [3.8, 4) is 0 Å². The molecule has 1 fully saturated rings. The lowest BCUT2D eigenvalue weighted by atomic mass is 9.88. The standard InChI is InChI=1S/C10H11FN2O/c11-8-5-12-10(13-6-8)7-1-3-9(14)4-2-7/h5-7H,1-4H2. The second-order valence-corrected chi connectivity index (χ2v) is 3.57. The Hall–Kier alpha value is -1.32. The molecule has 0 unspecified atom stereocenters. The lowest BCUT2D eigenvalue weighted by Gasteiger charge is -2.18. The second-order valence-electron chi connectivity index (χ2n) is 3.57. The number of hydrogen-bond acceptors (Lipinski definition) is 3. The highest BCUT2D eigenvalue weighted by atomic mass is 19.1. The van der Waals surface area contributed by atoms with E-state index in [0.717, 1.165) is 12.8 Å². The topological polar surface area (TPSA) is 42.9 Å². The summed E-state index contributed by atoms with van der Waals surface area (Å²) in [6.45, 7) is 0. The highest BCUT2D eigenvalue weighted by Gasteiger charge is 2.21. The van der Waals surface area contributed by atoms with Crippen molar-refractivity contribution in [2.45, 2.75) is 31.6 Å². The van der Waals surface area contributed by atoms with E-state index in [1.807, 2.05) is 0 Å². The Morgan fingerprint density at radius 1 is 1.21 bits per heavy atom. The van der Waals surface area contributed by atoms with Crippen molar-refractivity contribution in [2.24, 2.45) is 0 Å². The molecule has 0 radical (unpaired) electrons. The summed E-state index contributed by atoms with van der Waals surface area (Å²) >= 11 is 0. The number of Topliss-reactive ketones (excluding diaryl/α,β-unsaturated/α-hetero) is 1. The molecule has 0 N–H and O–H groups in total. The average Bonchev–Trinajstić information content (AvgIpc) is 2.21. The number of hydrogen-bond donors (Lipinski definition) is 0. The van der Waals surface area contributed by atoms with Crippen LogP contribution in [-0.2, 0) is 4.79 Å². The SMILES string of the molecule is O=C1CCC(c2ncc(F)cn2)CC1. The van der Waals surface area contributed by atoms with E-state index < -0.39 is 5.82 Å². The van der Waals surface area contributed by atoms with E-state index in [2.05, 4.69) is 9.97 Å². The van der Waals surface area contributed by atoms with Gasteiger partial charge in [-0.3, -0.25) is 4.79 Å². The van der Waals surface area contributed by atoms with Crippen LogP contribution in [-0.4, -0.2) is 15.8 Å². The molecule has 0 saturated heterocycles. The summed E-state index contributed by atoms with van der Waals surface area (Å²) < 4.78 is 12.5. The molecule has 4 heteroatoms. The van der Waals surface area contributed by atoms with Gasteiger partial charge in [-0.15, -0.1) is 0 Å². The zero-order valence-electron chi connectivity index (χ0n) is 7.74. The van der Waals surface area contributed by atoms with Gasteiger partial charge in [0.05, 0.1) is 12.4 Å². The molecule has 1 aliphatic rings. The van der Waals surface area contributed by atoms with Gasteiger partial charge in [0.1, 0.15) is 11.6 Å². The molecule has 14 heavy (non-hydrogen) atoms. The smallest absolute Gasteiger partial charge is 0.159 e. The van der Waals surface area contributed by atoms with Crippen molar-refractivity contribution < 1.29 is 9.18 Å². The van der Waals surface area contributed by atoms with Crippen molar-refractivity contribution >= 4 is 5.78 Å². The van der Waals surface area contributed by atoms with Crippen molar-refractivity contribution in [1.82, 2.24) is 9.97 Å². The second kappa shape index (κ2) is 3.82. The molecule has 1 aromatic rings. The van der Waals surface area contributed by atoms with Crippen LogP contribution in [0.25, 0.3) is 0 Å².